The first-order chi connectivity index (χ1) is 25.2. The number of ether oxygens (including phenoxy) is 2. The number of nitrogens with zero attached hydrogens (tertiary/aromatic N) is 4. The lowest BCUT2D eigenvalue weighted by Crippen LogP contribution is -2.56. The maximum Gasteiger partial charge on any atom is 0.351 e. The topological polar surface area (TPSA) is 184 Å². The molecule has 2 N–H and O–H groups in total. The zero-order chi connectivity index (χ0) is 36.8. The molecule has 2 fully saturated rings. The van der Waals surface area contributed by atoms with Crippen LogP contribution in [-0.4, -0.2) is 45.9 Å². The second-order valence-corrected chi connectivity index (χ2v) is 14.3. The van der Waals surface area contributed by atoms with E-state index in [1.807, 2.05) is 12.1 Å². The number of hydrogen-bond donors (Lipinski definition) is 2. The minimum atomic E-state index is -2.02. The van der Waals surface area contributed by atoms with Crippen molar-refractivity contribution in [3.63, 3.8) is 0 Å². The first-order valence-corrected chi connectivity index (χ1v) is 18.1. The van der Waals surface area contributed by atoms with Crippen LogP contribution in [-0.2, 0) is 28.7 Å². The van der Waals surface area contributed by atoms with Crippen LogP contribution in [0.2, 0.25) is 0 Å². The SMILES string of the molecule is N#Cc1sc(NC(=O)C2CCCCC2OC(=O)C2(OC=O)CCCCC2C(=O)Nc2nc(-c3ccccc3F)c(C#N)s2)nc1-c1ccccc1F. The van der Waals surface area contributed by atoms with E-state index in [9.17, 15) is 38.5 Å². The number of hydrogen-bond acceptors (Lipinski definition) is 12. The van der Waals surface area contributed by atoms with Crippen LogP contribution in [0.1, 0.15) is 61.1 Å². The fraction of sp³-hybridized carbons (Fsp3) is 0.333. The van der Waals surface area contributed by atoms with Crippen LogP contribution in [0.15, 0.2) is 48.5 Å². The van der Waals surface area contributed by atoms with E-state index >= 15 is 0 Å². The molecule has 2 aromatic heterocycles. The average Bonchev–Trinajstić information content (AvgIpc) is 3.75. The summed E-state index contributed by atoms with van der Waals surface area (Å²) in [7, 11) is 0. The van der Waals surface area contributed by atoms with Crippen molar-refractivity contribution in [2.75, 3.05) is 10.6 Å². The summed E-state index contributed by atoms with van der Waals surface area (Å²) in [5.41, 5.74) is -1.69. The third-order valence-corrected chi connectivity index (χ3v) is 11.0. The number of thiazole rings is 2. The Hall–Kier alpha value is -5.58. The molecule has 266 valence electrons. The Morgan fingerprint density at radius 3 is 1.90 bits per heavy atom. The molecule has 16 heteroatoms. The minimum absolute atomic E-state index is 0.0114. The van der Waals surface area contributed by atoms with Crippen molar-refractivity contribution >= 4 is 57.2 Å². The maximum atomic E-state index is 14.5. The van der Waals surface area contributed by atoms with Gasteiger partial charge in [-0.15, -0.1) is 0 Å². The highest BCUT2D eigenvalue weighted by atomic mass is 32.1. The molecular formula is C36H30F2N6O6S2. The second-order valence-electron chi connectivity index (χ2n) is 12.3. The molecule has 52 heavy (non-hydrogen) atoms. The lowest BCUT2D eigenvalue weighted by molar-refractivity contribution is -0.195. The van der Waals surface area contributed by atoms with E-state index in [0.29, 0.717) is 38.5 Å². The largest absolute Gasteiger partial charge is 0.459 e. The van der Waals surface area contributed by atoms with Crippen LogP contribution < -0.4 is 10.6 Å². The predicted molar refractivity (Wildman–Crippen MR) is 185 cm³/mol. The van der Waals surface area contributed by atoms with Crippen molar-refractivity contribution in [3.05, 3.63) is 69.9 Å². The van der Waals surface area contributed by atoms with Gasteiger partial charge in [-0.1, -0.05) is 59.8 Å². The summed E-state index contributed by atoms with van der Waals surface area (Å²) >= 11 is 1.71. The standard InChI is InChI=1S/C36H30F2N6O6S2/c37-24-13-4-1-9-20(24)29-27(17-39)51-34(41-29)43-31(46)22-11-3-6-15-26(22)50-33(48)36(49-19-45)16-8-7-12-23(36)32(47)44-35-42-30(28(18-40)52-35)21-10-2-5-14-25(21)38/h1-2,4-5,9-10,13-14,19,22-23,26H,3,6-8,11-12,15-16H2,(H,41,43,46)(H,42,44,47). The molecule has 2 heterocycles. The molecule has 0 spiro atoms. The van der Waals surface area contributed by atoms with Crippen molar-refractivity contribution in [2.45, 2.75) is 63.1 Å². The van der Waals surface area contributed by atoms with Gasteiger partial charge in [0.25, 0.3) is 6.47 Å². The van der Waals surface area contributed by atoms with Crippen LogP contribution in [0.5, 0.6) is 0 Å². The molecule has 2 saturated carbocycles. The van der Waals surface area contributed by atoms with E-state index in [-0.39, 0.29) is 61.8 Å². The third kappa shape index (κ3) is 7.26. The normalized spacial score (nSPS) is 21.2. The number of nitriles is 2. The van der Waals surface area contributed by atoms with Crippen LogP contribution >= 0.6 is 22.7 Å². The molecule has 2 aliphatic rings. The monoisotopic (exact) mass is 744 g/mol. The van der Waals surface area contributed by atoms with Crippen molar-refractivity contribution in [3.8, 4) is 34.7 Å². The molecule has 6 rings (SSSR count). The summed E-state index contributed by atoms with van der Waals surface area (Å²) < 4.78 is 40.4. The second kappa shape index (κ2) is 15.8. The zero-order valence-corrected chi connectivity index (χ0v) is 29.0. The first-order valence-electron chi connectivity index (χ1n) is 16.4. The summed E-state index contributed by atoms with van der Waals surface area (Å²) in [5.74, 6) is -5.44. The van der Waals surface area contributed by atoms with Gasteiger partial charge in [-0.25, -0.2) is 23.5 Å². The lowest BCUT2D eigenvalue weighted by atomic mass is 9.74. The Kier molecular flexibility index (Phi) is 11.0. The number of halogens is 2. The fourth-order valence-electron chi connectivity index (χ4n) is 6.74. The number of rotatable bonds is 10. The van der Waals surface area contributed by atoms with Crippen LogP contribution in [0.25, 0.3) is 22.5 Å². The number of carbonyl (C=O) groups excluding carboxylic acids is 4. The van der Waals surface area contributed by atoms with Crippen LogP contribution in [0.4, 0.5) is 19.0 Å². The summed E-state index contributed by atoms with van der Waals surface area (Å²) in [5, 5.41) is 24.7. The minimum Gasteiger partial charge on any atom is -0.459 e. The van der Waals surface area contributed by atoms with Crippen molar-refractivity contribution in [1.29, 1.82) is 10.5 Å². The van der Waals surface area contributed by atoms with E-state index in [0.717, 1.165) is 22.7 Å². The molecule has 12 nitrogen and oxygen atoms in total. The molecular weight excluding hydrogens is 715 g/mol. The van der Waals surface area contributed by atoms with Crippen molar-refractivity contribution in [1.82, 2.24) is 9.97 Å². The summed E-state index contributed by atoms with van der Waals surface area (Å²) in [6, 6.07) is 15.5. The molecule has 4 unspecified atom stereocenters. The summed E-state index contributed by atoms with van der Waals surface area (Å²) in [6.45, 7) is 0.0911. The zero-order valence-electron chi connectivity index (χ0n) is 27.4. The quantitative estimate of drug-likeness (QED) is 0.130. The molecule has 4 atom stereocenters. The highest BCUT2D eigenvalue weighted by molar-refractivity contribution is 7.17. The number of anilines is 2. The van der Waals surface area contributed by atoms with Gasteiger partial charge >= 0.3 is 5.97 Å². The van der Waals surface area contributed by atoms with Gasteiger partial charge < -0.3 is 20.1 Å². The van der Waals surface area contributed by atoms with E-state index in [2.05, 4.69) is 20.6 Å². The van der Waals surface area contributed by atoms with E-state index in [4.69, 9.17) is 9.47 Å². The average molecular weight is 745 g/mol. The first kappa shape index (κ1) is 36.2. The van der Waals surface area contributed by atoms with Gasteiger partial charge in [0.1, 0.15) is 51.0 Å². The molecule has 0 saturated heterocycles. The Labute approximate surface area is 304 Å². The highest BCUT2D eigenvalue weighted by Crippen LogP contribution is 2.41. The Morgan fingerprint density at radius 2 is 1.35 bits per heavy atom. The third-order valence-electron chi connectivity index (χ3n) is 9.25. The fourth-order valence-corrected chi connectivity index (χ4v) is 8.30. The smallest absolute Gasteiger partial charge is 0.351 e. The van der Waals surface area contributed by atoms with Gasteiger partial charge in [0.15, 0.2) is 10.3 Å². The molecule has 2 amide bonds. The van der Waals surface area contributed by atoms with Gasteiger partial charge in [-0.2, -0.15) is 10.5 Å². The number of carbonyl (C=O) groups is 4. The van der Waals surface area contributed by atoms with Crippen molar-refractivity contribution < 1.29 is 37.4 Å². The highest BCUT2D eigenvalue weighted by Gasteiger charge is 2.55. The Bertz CT molecular complexity index is 2110. The van der Waals surface area contributed by atoms with Crippen molar-refractivity contribution in [2.24, 2.45) is 11.8 Å². The number of amides is 2. The van der Waals surface area contributed by atoms with Crippen LogP contribution in [0.3, 0.4) is 0 Å². The molecule has 0 radical (unpaired) electrons. The molecule has 4 aromatic rings. The Balaban J connectivity index is 1.20. The number of nitrogens with one attached hydrogen (secondary N) is 2. The van der Waals surface area contributed by atoms with E-state index in [1.54, 1.807) is 12.1 Å². The van der Waals surface area contributed by atoms with Gasteiger partial charge in [-0.05, 0) is 62.8 Å². The number of aromatic nitrogens is 2. The Morgan fingerprint density at radius 1 is 0.808 bits per heavy atom. The van der Waals surface area contributed by atoms with Gasteiger partial charge in [-0.3, -0.25) is 14.4 Å². The molecule has 2 aromatic carbocycles. The lowest BCUT2D eigenvalue weighted by Gasteiger charge is -2.40. The van der Waals surface area contributed by atoms with E-state index < -0.39 is 53.0 Å². The summed E-state index contributed by atoms with van der Waals surface area (Å²) in [4.78, 5) is 62.1. The van der Waals surface area contributed by atoms with E-state index in [1.165, 1.54) is 36.4 Å². The molecule has 0 aliphatic heterocycles. The summed E-state index contributed by atoms with van der Waals surface area (Å²) in [6.07, 6.45) is 2.09. The number of esters is 1. The van der Waals surface area contributed by atoms with Gasteiger partial charge in [0.05, 0.1) is 11.8 Å². The van der Waals surface area contributed by atoms with Crippen LogP contribution in [0, 0.1) is 46.1 Å². The number of benzene rings is 2. The molecule has 0 bridgehead atoms. The predicted octanol–water partition coefficient (Wildman–Crippen LogP) is 6.74. The van der Waals surface area contributed by atoms with Gasteiger partial charge in [0.2, 0.25) is 17.4 Å². The molecule has 2 aliphatic carbocycles. The maximum absolute atomic E-state index is 14.5. The van der Waals surface area contributed by atoms with Gasteiger partial charge in [0, 0.05) is 11.1 Å².